The van der Waals surface area contributed by atoms with E-state index in [0.29, 0.717) is 5.69 Å². The normalized spacial score (nSPS) is 13.6. The van der Waals surface area contributed by atoms with Crippen LogP contribution in [0.4, 0.5) is 30.2 Å². The second kappa shape index (κ2) is 8.78. The second-order valence-electron chi connectivity index (χ2n) is 6.54. The van der Waals surface area contributed by atoms with Crippen LogP contribution in [0.5, 0.6) is 0 Å². The van der Waals surface area contributed by atoms with Crippen molar-refractivity contribution >= 4 is 46.5 Å². The molecule has 2 aromatic carbocycles. The number of hydrogen-bond acceptors (Lipinski definition) is 4. The maximum Gasteiger partial charge on any atom is 0.418 e. The van der Waals surface area contributed by atoms with Crippen molar-refractivity contribution in [2.75, 3.05) is 27.8 Å². The average molecular weight is 437 g/mol. The summed E-state index contributed by atoms with van der Waals surface area (Å²) in [6, 6.07) is 10.4. The van der Waals surface area contributed by atoms with E-state index >= 15 is 0 Å². The third-order valence-electron chi connectivity index (χ3n) is 4.29. The van der Waals surface area contributed by atoms with Gasteiger partial charge in [-0.25, -0.2) is 0 Å². The number of hydrogen-bond donors (Lipinski definition) is 2. The molecule has 0 aliphatic carbocycles. The first-order chi connectivity index (χ1) is 14.1. The zero-order chi connectivity index (χ0) is 21.9. The molecule has 30 heavy (non-hydrogen) atoms. The van der Waals surface area contributed by atoms with Gasteiger partial charge < -0.3 is 15.5 Å². The molecule has 6 nitrogen and oxygen atoms in total. The molecular weight excluding hydrogens is 419 g/mol. The van der Waals surface area contributed by atoms with Gasteiger partial charge in [-0.2, -0.15) is 13.2 Å². The average Bonchev–Trinajstić information content (AvgIpc) is 2.67. The van der Waals surface area contributed by atoms with Crippen LogP contribution in [0.3, 0.4) is 0 Å². The van der Waals surface area contributed by atoms with Gasteiger partial charge in [0.1, 0.15) is 0 Å². The van der Waals surface area contributed by atoms with Gasteiger partial charge >= 0.3 is 6.18 Å². The van der Waals surface area contributed by atoms with E-state index in [0.717, 1.165) is 17.0 Å². The topological polar surface area (TPSA) is 78.5 Å². The fraction of sp³-hybridized carbons (Fsp3) is 0.250. The molecule has 2 aromatic rings. The van der Waals surface area contributed by atoms with Crippen LogP contribution in [0, 0.1) is 0 Å². The number of halogens is 3. The maximum atomic E-state index is 13.4. The number of para-hydroxylation sites is 1. The van der Waals surface area contributed by atoms with E-state index in [1.165, 1.54) is 29.7 Å². The summed E-state index contributed by atoms with van der Waals surface area (Å²) >= 11 is 1.40. The molecule has 2 N–H and O–H groups in total. The lowest BCUT2D eigenvalue weighted by atomic mass is 10.1. The lowest BCUT2D eigenvalue weighted by Crippen LogP contribution is -2.37. The molecular formula is C20H18F3N3O3S. The van der Waals surface area contributed by atoms with Gasteiger partial charge in [0, 0.05) is 30.5 Å². The number of nitrogens with zero attached hydrogens (tertiary/aromatic N) is 1. The number of amides is 3. The minimum atomic E-state index is -4.73. The fourth-order valence-corrected chi connectivity index (χ4v) is 3.93. The number of alkyl halides is 3. The smallest absolute Gasteiger partial charge is 0.326 e. The molecule has 1 aliphatic rings. The van der Waals surface area contributed by atoms with Gasteiger partial charge in [-0.3, -0.25) is 14.4 Å². The Morgan fingerprint density at radius 3 is 2.57 bits per heavy atom. The van der Waals surface area contributed by atoms with Gasteiger partial charge in [-0.15, -0.1) is 11.8 Å². The van der Waals surface area contributed by atoms with Crippen LogP contribution in [-0.2, 0) is 20.6 Å². The minimum Gasteiger partial charge on any atom is -0.326 e. The number of fused-ring (bicyclic) bond motifs is 1. The standard InChI is InChI=1S/C20H18F3N3O3S/c1-12(27)24-13-6-7-15(14(10-13)20(21,22)23)25-18(28)8-9-26-16-4-2-3-5-17(16)30-11-19(26)29/h2-7,10H,8-9,11H2,1H3,(H,24,27)(H,25,28). The third kappa shape index (κ3) is 5.12. The highest BCUT2D eigenvalue weighted by molar-refractivity contribution is 8.00. The Labute approximate surface area is 174 Å². The highest BCUT2D eigenvalue weighted by Gasteiger charge is 2.34. The van der Waals surface area contributed by atoms with Crippen LogP contribution in [0.2, 0.25) is 0 Å². The quantitative estimate of drug-likeness (QED) is 0.737. The number of rotatable bonds is 5. The van der Waals surface area contributed by atoms with Crippen molar-refractivity contribution in [2.45, 2.75) is 24.4 Å². The molecule has 0 fully saturated rings. The molecule has 0 saturated heterocycles. The Balaban J connectivity index is 1.72. The molecule has 158 valence electrons. The highest BCUT2D eigenvalue weighted by atomic mass is 32.2. The SMILES string of the molecule is CC(=O)Nc1ccc(NC(=O)CCN2C(=O)CSc3ccccc32)c(C(F)(F)F)c1. The predicted octanol–water partition coefficient (Wildman–Crippen LogP) is 4.13. The minimum absolute atomic E-state index is 0.0270. The van der Waals surface area contributed by atoms with Gasteiger partial charge in [0.2, 0.25) is 17.7 Å². The lowest BCUT2D eigenvalue weighted by Gasteiger charge is -2.28. The molecule has 1 heterocycles. The summed E-state index contributed by atoms with van der Waals surface area (Å²) in [7, 11) is 0. The van der Waals surface area contributed by atoms with Crippen molar-refractivity contribution in [1.82, 2.24) is 0 Å². The van der Waals surface area contributed by atoms with Crippen molar-refractivity contribution in [1.29, 1.82) is 0 Å². The van der Waals surface area contributed by atoms with Crippen LogP contribution in [0.1, 0.15) is 18.9 Å². The van der Waals surface area contributed by atoms with Gasteiger partial charge in [-0.05, 0) is 30.3 Å². The van der Waals surface area contributed by atoms with Crippen molar-refractivity contribution in [3.8, 4) is 0 Å². The molecule has 1 aliphatic heterocycles. The molecule has 0 unspecified atom stereocenters. The number of carbonyl (C=O) groups is 3. The van der Waals surface area contributed by atoms with E-state index in [4.69, 9.17) is 0 Å². The molecule has 0 atom stereocenters. The number of nitrogens with one attached hydrogen (secondary N) is 2. The number of anilines is 3. The van der Waals surface area contributed by atoms with Crippen LogP contribution < -0.4 is 15.5 Å². The van der Waals surface area contributed by atoms with Gasteiger partial charge in [0.25, 0.3) is 0 Å². The first kappa shape index (κ1) is 21.7. The van der Waals surface area contributed by atoms with E-state index in [2.05, 4.69) is 10.6 Å². The maximum absolute atomic E-state index is 13.4. The van der Waals surface area contributed by atoms with E-state index in [-0.39, 0.29) is 30.3 Å². The van der Waals surface area contributed by atoms with Crippen LogP contribution in [-0.4, -0.2) is 30.0 Å². The number of thioether (sulfide) groups is 1. The fourth-order valence-electron chi connectivity index (χ4n) is 2.99. The predicted molar refractivity (Wildman–Crippen MR) is 109 cm³/mol. The largest absolute Gasteiger partial charge is 0.418 e. The summed E-state index contributed by atoms with van der Waals surface area (Å²) < 4.78 is 40.2. The molecule has 0 spiro atoms. The van der Waals surface area contributed by atoms with Gasteiger partial charge in [0.05, 0.1) is 22.7 Å². The van der Waals surface area contributed by atoms with Crippen LogP contribution in [0.25, 0.3) is 0 Å². The molecule has 3 amide bonds. The zero-order valence-corrected chi connectivity index (χ0v) is 16.7. The summed E-state index contributed by atoms with van der Waals surface area (Å²) in [5, 5.41) is 4.54. The van der Waals surface area contributed by atoms with Crippen LogP contribution in [0.15, 0.2) is 47.4 Å². The van der Waals surface area contributed by atoms with E-state index in [1.807, 2.05) is 12.1 Å². The van der Waals surface area contributed by atoms with Crippen LogP contribution >= 0.6 is 11.8 Å². The summed E-state index contributed by atoms with van der Waals surface area (Å²) in [5.41, 5.74) is -0.830. The summed E-state index contributed by atoms with van der Waals surface area (Å²) in [4.78, 5) is 38.0. The Morgan fingerprint density at radius 2 is 1.87 bits per heavy atom. The molecule has 10 heteroatoms. The van der Waals surface area contributed by atoms with E-state index in [1.54, 1.807) is 12.1 Å². The summed E-state index contributed by atoms with van der Waals surface area (Å²) in [5.74, 6) is -1.09. The summed E-state index contributed by atoms with van der Waals surface area (Å²) in [6.45, 7) is 1.23. The molecule has 0 bridgehead atoms. The summed E-state index contributed by atoms with van der Waals surface area (Å²) in [6.07, 6.45) is -4.90. The Morgan fingerprint density at radius 1 is 1.13 bits per heavy atom. The van der Waals surface area contributed by atoms with E-state index in [9.17, 15) is 27.6 Å². The third-order valence-corrected chi connectivity index (χ3v) is 5.34. The lowest BCUT2D eigenvalue weighted by molar-refractivity contribution is -0.137. The molecule has 0 saturated carbocycles. The molecule has 3 rings (SSSR count). The number of benzene rings is 2. The number of carbonyl (C=O) groups excluding carboxylic acids is 3. The molecule has 0 aromatic heterocycles. The van der Waals surface area contributed by atoms with Crippen molar-refractivity contribution in [2.24, 2.45) is 0 Å². The van der Waals surface area contributed by atoms with Gasteiger partial charge in [0.15, 0.2) is 0 Å². The molecule has 0 radical (unpaired) electrons. The zero-order valence-electron chi connectivity index (χ0n) is 15.9. The Bertz CT molecular complexity index is 995. The van der Waals surface area contributed by atoms with Crippen molar-refractivity contribution in [3.05, 3.63) is 48.0 Å². The second-order valence-corrected chi connectivity index (χ2v) is 7.56. The van der Waals surface area contributed by atoms with E-state index < -0.39 is 29.2 Å². The first-order valence-electron chi connectivity index (χ1n) is 8.96. The van der Waals surface area contributed by atoms with Crippen molar-refractivity contribution in [3.63, 3.8) is 0 Å². The highest BCUT2D eigenvalue weighted by Crippen LogP contribution is 2.37. The van der Waals surface area contributed by atoms with Crippen molar-refractivity contribution < 1.29 is 27.6 Å². The first-order valence-corrected chi connectivity index (χ1v) is 9.94. The Kier molecular flexibility index (Phi) is 6.35. The van der Waals surface area contributed by atoms with Gasteiger partial charge in [-0.1, -0.05) is 12.1 Å². The Hall–Kier alpha value is -3.01. The monoisotopic (exact) mass is 437 g/mol.